The van der Waals surface area contributed by atoms with Crippen LogP contribution in [0.25, 0.3) is 5.69 Å². The number of aromatic nitrogens is 2. The summed E-state index contributed by atoms with van der Waals surface area (Å²) in [5.41, 5.74) is -0.125. The first kappa shape index (κ1) is 15.6. The molecule has 1 aliphatic heterocycles. The molecule has 0 spiro atoms. The van der Waals surface area contributed by atoms with Crippen molar-refractivity contribution < 1.29 is 14.7 Å². The number of nitrogens with one attached hydrogen (secondary N) is 1. The number of benzene rings is 1. The van der Waals surface area contributed by atoms with E-state index in [0.717, 1.165) is 17.2 Å². The predicted molar refractivity (Wildman–Crippen MR) is 88.0 cm³/mol. The summed E-state index contributed by atoms with van der Waals surface area (Å²) in [4.78, 5) is 24.0. The van der Waals surface area contributed by atoms with Crippen molar-refractivity contribution in [1.29, 1.82) is 0 Å². The van der Waals surface area contributed by atoms with Gasteiger partial charge in [-0.05, 0) is 42.5 Å². The van der Waals surface area contributed by atoms with E-state index < -0.39 is 17.4 Å². The van der Waals surface area contributed by atoms with Gasteiger partial charge in [-0.25, -0.2) is 9.48 Å². The van der Waals surface area contributed by atoms with E-state index in [-0.39, 0.29) is 5.69 Å². The van der Waals surface area contributed by atoms with Gasteiger partial charge in [0, 0.05) is 6.20 Å². The largest absolute Gasteiger partial charge is 0.480 e. The zero-order valence-corrected chi connectivity index (χ0v) is 13.3. The summed E-state index contributed by atoms with van der Waals surface area (Å²) < 4.78 is 1.60. The molecule has 1 aliphatic rings. The van der Waals surface area contributed by atoms with E-state index in [1.807, 2.05) is 30.3 Å². The molecule has 7 heteroatoms. The molecule has 0 unspecified atom stereocenters. The fourth-order valence-electron chi connectivity index (χ4n) is 2.56. The molecular formula is C16H17N3O3S. The topological polar surface area (TPSA) is 84.2 Å². The third kappa shape index (κ3) is 3.24. The maximum absolute atomic E-state index is 12.4. The minimum Gasteiger partial charge on any atom is -0.480 e. The minimum atomic E-state index is -1.18. The summed E-state index contributed by atoms with van der Waals surface area (Å²) in [6.07, 6.45) is 2.55. The Kier molecular flexibility index (Phi) is 4.38. The first-order valence-electron chi connectivity index (χ1n) is 7.35. The summed E-state index contributed by atoms with van der Waals surface area (Å²) >= 11 is 1.70. The molecule has 0 atom stereocenters. The van der Waals surface area contributed by atoms with Gasteiger partial charge < -0.3 is 10.4 Å². The highest BCUT2D eigenvalue weighted by atomic mass is 32.2. The van der Waals surface area contributed by atoms with Crippen molar-refractivity contribution in [3.63, 3.8) is 0 Å². The Morgan fingerprint density at radius 1 is 1.17 bits per heavy atom. The molecule has 2 heterocycles. The Morgan fingerprint density at radius 2 is 1.87 bits per heavy atom. The van der Waals surface area contributed by atoms with Crippen LogP contribution in [0.4, 0.5) is 0 Å². The SMILES string of the molecule is O=C(NC1(C(=O)O)CCSCC1)c1ccn(-c2ccccc2)n1. The second-order valence-electron chi connectivity index (χ2n) is 5.43. The van der Waals surface area contributed by atoms with Crippen LogP contribution in [0.3, 0.4) is 0 Å². The third-order valence-corrected chi connectivity index (χ3v) is 4.94. The molecular weight excluding hydrogens is 314 g/mol. The number of nitrogens with zero attached hydrogens (tertiary/aromatic N) is 2. The van der Waals surface area contributed by atoms with Crippen molar-refractivity contribution in [3.8, 4) is 5.69 Å². The fraction of sp³-hybridized carbons (Fsp3) is 0.312. The normalized spacial score (nSPS) is 16.7. The number of carbonyl (C=O) groups is 2. The molecule has 1 aromatic heterocycles. The van der Waals surface area contributed by atoms with Crippen molar-refractivity contribution in [2.45, 2.75) is 18.4 Å². The van der Waals surface area contributed by atoms with Crippen molar-refractivity contribution in [1.82, 2.24) is 15.1 Å². The lowest BCUT2D eigenvalue weighted by atomic mass is 9.92. The van der Waals surface area contributed by atoms with E-state index in [0.29, 0.717) is 12.8 Å². The second kappa shape index (κ2) is 6.45. The van der Waals surface area contributed by atoms with E-state index in [1.54, 1.807) is 28.7 Å². The molecule has 23 heavy (non-hydrogen) atoms. The van der Waals surface area contributed by atoms with Crippen LogP contribution in [0.2, 0.25) is 0 Å². The standard InChI is InChI=1S/C16H17N3O3S/c20-14(17-16(15(21)22)7-10-23-11-8-16)13-6-9-19(18-13)12-4-2-1-3-5-12/h1-6,9H,7-8,10-11H2,(H,17,20)(H,21,22). The molecule has 6 nitrogen and oxygen atoms in total. The molecule has 1 fully saturated rings. The number of hydrogen-bond acceptors (Lipinski definition) is 4. The van der Waals surface area contributed by atoms with E-state index in [2.05, 4.69) is 10.4 Å². The van der Waals surface area contributed by atoms with E-state index in [1.165, 1.54) is 0 Å². The Labute approximate surface area is 137 Å². The first-order chi connectivity index (χ1) is 11.1. The summed E-state index contributed by atoms with van der Waals surface area (Å²) in [7, 11) is 0. The quantitative estimate of drug-likeness (QED) is 0.894. The molecule has 1 amide bonds. The highest BCUT2D eigenvalue weighted by Crippen LogP contribution is 2.27. The Bertz CT molecular complexity index is 708. The number of aliphatic carboxylic acids is 1. The Balaban J connectivity index is 1.78. The number of hydrogen-bond donors (Lipinski definition) is 2. The van der Waals surface area contributed by atoms with Gasteiger partial charge in [0.2, 0.25) is 0 Å². The average molecular weight is 331 g/mol. The molecule has 3 rings (SSSR count). The molecule has 2 N–H and O–H groups in total. The van der Waals surface area contributed by atoms with E-state index >= 15 is 0 Å². The van der Waals surface area contributed by atoms with Crippen LogP contribution in [-0.4, -0.2) is 43.8 Å². The van der Waals surface area contributed by atoms with E-state index in [9.17, 15) is 14.7 Å². The van der Waals surface area contributed by atoms with Crippen molar-refractivity contribution in [3.05, 3.63) is 48.3 Å². The van der Waals surface area contributed by atoms with E-state index in [4.69, 9.17) is 0 Å². The molecule has 0 radical (unpaired) electrons. The summed E-state index contributed by atoms with van der Waals surface area (Å²) in [5, 5.41) is 16.4. The summed E-state index contributed by atoms with van der Waals surface area (Å²) in [6.45, 7) is 0. The van der Waals surface area contributed by atoms with Crippen LogP contribution in [-0.2, 0) is 4.79 Å². The van der Waals surface area contributed by atoms with Crippen LogP contribution in [0.5, 0.6) is 0 Å². The van der Waals surface area contributed by atoms with Gasteiger partial charge >= 0.3 is 5.97 Å². The van der Waals surface area contributed by atoms with Gasteiger partial charge in [0.1, 0.15) is 5.54 Å². The first-order valence-corrected chi connectivity index (χ1v) is 8.51. The van der Waals surface area contributed by atoms with Gasteiger partial charge in [-0.3, -0.25) is 4.79 Å². The van der Waals surface area contributed by atoms with Gasteiger partial charge in [-0.1, -0.05) is 18.2 Å². The minimum absolute atomic E-state index is 0.215. The van der Waals surface area contributed by atoms with Crippen LogP contribution in [0.15, 0.2) is 42.6 Å². The number of carboxylic acid groups (broad SMARTS) is 1. The van der Waals surface area contributed by atoms with Crippen LogP contribution < -0.4 is 5.32 Å². The Morgan fingerprint density at radius 3 is 2.52 bits per heavy atom. The van der Waals surface area contributed by atoms with Gasteiger partial charge in [-0.15, -0.1) is 0 Å². The van der Waals surface area contributed by atoms with Crippen molar-refractivity contribution >= 4 is 23.6 Å². The summed E-state index contributed by atoms with van der Waals surface area (Å²) in [5.74, 6) is 0.0263. The summed E-state index contributed by atoms with van der Waals surface area (Å²) in [6, 6.07) is 11.0. The van der Waals surface area contributed by atoms with Gasteiger partial charge in [0.25, 0.3) is 5.91 Å². The molecule has 1 saturated heterocycles. The van der Waals surface area contributed by atoms with Gasteiger partial charge in [0.05, 0.1) is 5.69 Å². The number of amides is 1. The van der Waals surface area contributed by atoms with Gasteiger partial charge in [0.15, 0.2) is 5.69 Å². The third-order valence-electron chi connectivity index (χ3n) is 3.95. The smallest absolute Gasteiger partial charge is 0.329 e. The van der Waals surface area contributed by atoms with Crippen LogP contribution in [0.1, 0.15) is 23.3 Å². The molecule has 1 aromatic carbocycles. The maximum Gasteiger partial charge on any atom is 0.329 e. The molecule has 2 aromatic rings. The predicted octanol–water partition coefficient (Wildman–Crippen LogP) is 1.95. The Hall–Kier alpha value is -2.28. The molecule has 0 bridgehead atoms. The highest BCUT2D eigenvalue weighted by Gasteiger charge is 2.41. The lowest BCUT2D eigenvalue weighted by Crippen LogP contribution is -2.56. The number of thioether (sulfide) groups is 1. The lowest BCUT2D eigenvalue weighted by molar-refractivity contribution is -0.144. The van der Waals surface area contributed by atoms with Crippen molar-refractivity contribution in [2.24, 2.45) is 0 Å². The number of para-hydroxylation sites is 1. The molecule has 0 saturated carbocycles. The molecule has 0 aliphatic carbocycles. The fourth-order valence-corrected chi connectivity index (χ4v) is 3.75. The lowest BCUT2D eigenvalue weighted by Gasteiger charge is -2.33. The average Bonchev–Trinajstić information content (AvgIpc) is 3.06. The highest BCUT2D eigenvalue weighted by molar-refractivity contribution is 7.99. The van der Waals surface area contributed by atoms with Crippen LogP contribution >= 0.6 is 11.8 Å². The number of rotatable bonds is 4. The maximum atomic E-state index is 12.4. The number of carbonyl (C=O) groups excluding carboxylic acids is 1. The van der Waals surface area contributed by atoms with Crippen LogP contribution in [0, 0.1) is 0 Å². The van der Waals surface area contributed by atoms with Gasteiger partial charge in [-0.2, -0.15) is 16.9 Å². The van der Waals surface area contributed by atoms with Crippen molar-refractivity contribution in [2.75, 3.05) is 11.5 Å². The molecule has 120 valence electrons. The zero-order valence-electron chi connectivity index (χ0n) is 12.4. The zero-order chi connectivity index (χ0) is 16.3. The second-order valence-corrected chi connectivity index (χ2v) is 6.66. The monoisotopic (exact) mass is 331 g/mol. The number of carboxylic acids is 1.